The molecule has 0 spiro atoms. The summed E-state index contributed by atoms with van der Waals surface area (Å²) >= 11 is 1.63. The molecule has 1 aromatic carbocycles. The summed E-state index contributed by atoms with van der Waals surface area (Å²) in [5.74, 6) is 3.04. The predicted molar refractivity (Wildman–Crippen MR) is 134 cm³/mol. The number of nitrogens with one attached hydrogen (secondary N) is 1. The highest BCUT2D eigenvalue weighted by atomic mass is 32.1. The van der Waals surface area contributed by atoms with Crippen LogP contribution in [0.25, 0.3) is 21.6 Å². The first-order valence-corrected chi connectivity index (χ1v) is 12.2. The Kier molecular flexibility index (Phi) is 6.48. The Morgan fingerprint density at radius 1 is 0.970 bits per heavy atom. The Morgan fingerprint density at radius 3 is 2.45 bits per heavy atom. The molecule has 0 amide bonds. The maximum atomic E-state index is 5.27. The third kappa shape index (κ3) is 4.98. The summed E-state index contributed by atoms with van der Waals surface area (Å²) in [5.41, 5.74) is 3.10. The van der Waals surface area contributed by atoms with E-state index < -0.39 is 0 Å². The van der Waals surface area contributed by atoms with Crippen LogP contribution in [-0.2, 0) is 6.54 Å². The molecule has 33 heavy (non-hydrogen) atoms. The lowest BCUT2D eigenvalue weighted by molar-refractivity contribution is 0.132. The first-order valence-electron chi connectivity index (χ1n) is 11.3. The van der Waals surface area contributed by atoms with Crippen LogP contribution in [0.3, 0.4) is 0 Å². The van der Waals surface area contributed by atoms with Crippen LogP contribution in [0.15, 0.2) is 54.0 Å². The van der Waals surface area contributed by atoms with Crippen molar-refractivity contribution in [2.45, 2.75) is 13.5 Å². The lowest BCUT2D eigenvalue weighted by Gasteiger charge is -2.33. The predicted octanol–water partition coefficient (Wildman–Crippen LogP) is 4.64. The van der Waals surface area contributed by atoms with Crippen molar-refractivity contribution in [1.82, 2.24) is 24.8 Å². The highest BCUT2D eigenvalue weighted by Crippen LogP contribution is 2.31. The van der Waals surface area contributed by atoms with Gasteiger partial charge in [-0.05, 0) is 53.9 Å². The quantitative estimate of drug-likeness (QED) is 0.431. The summed E-state index contributed by atoms with van der Waals surface area (Å²) in [6, 6.07) is 14.0. The molecule has 1 fully saturated rings. The van der Waals surface area contributed by atoms with Gasteiger partial charge in [-0.2, -0.15) is 0 Å². The Labute approximate surface area is 198 Å². The molecule has 3 aromatic heterocycles. The fourth-order valence-electron chi connectivity index (χ4n) is 4.05. The Balaban J connectivity index is 1.33. The molecule has 1 saturated heterocycles. The van der Waals surface area contributed by atoms with Crippen LogP contribution in [0, 0.1) is 0 Å². The molecule has 0 bridgehead atoms. The summed E-state index contributed by atoms with van der Waals surface area (Å²) in [7, 11) is 1.66. The molecule has 4 heterocycles. The molecule has 0 atom stereocenters. The lowest BCUT2D eigenvalue weighted by Crippen LogP contribution is -2.45. The lowest BCUT2D eigenvalue weighted by atomic mass is 10.2. The number of likely N-dealkylation sites (N-methyl/N-ethyl adjacent to an activating group) is 1. The van der Waals surface area contributed by atoms with Crippen molar-refractivity contribution in [3.63, 3.8) is 0 Å². The van der Waals surface area contributed by atoms with E-state index in [1.165, 1.54) is 5.56 Å². The van der Waals surface area contributed by atoms with E-state index in [-0.39, 0.29) is 0 Å². The second-order valence-corrected chi connectivity index (χ2v) is 9.06. The van der Waals surface area contributed by atoms with E-state index >= 15 is 0 Å². The minimum Gasteiger partial charge on any atom is -0.497 e. The van der Waals surface area contributed by atoms with Gasteiger partial charge in [0.1, 0.15) is 11.6 Å². The fourth-order valence-corrected chi connectivity index (χ4v) is 4.83. The number of rotatable bonds is 7. The summed E-state index contributed by atoms with van der Waals surface area (Å²) in [6.45, 7) is 8.81. The first kappa shape index (κ1) is 21.8. The van der Waals surface area contributed by atoms with Crippen LogP contribution in [0.4, 0.5) is 11.6 Å². The molecule has 0 radical (unpaired) electrons. The molecule has 5 rings (SSSR count). The van der Waals surface area contributed by atoms with Gasteiger partial charge in [-0.25, -0.2) is 15.0 Å². The third-order valence-corrected chi connectivity index (χ3v) is 6.95. The maximum Gasteiger partial charge on any atom is 0.162 e. The number of fused-ring (bicyclic) bond motifs is 1. The zero-order valence-electron chi connectivity index (χ0n) is 19.0. The average Bonchev–Trinajstić information content (AvgIpc) is 3.35. The van der Waals surface area contributed by atoms with Gasteiger partial charge in [0.05, 0.1) is 17.3 Å². The molecule has 0 saturated carbocycles. The van der Waals surface area contributed by atoms with Gasteiger partial charge in [-0.15, -0.1) is 11.3 Å². The summed E-state index contributed by atoms with van der Waals surface area (Å²) in [6.07, 6.45) is 1.96. The van der Waals surface area contributed by atoms with Crippen molar-refractivity contribution in [3.8, 4) is 17.1 Å². The largest absolute Gasteiger partial charge is 0.497 e. The minimum absolute atomic E-state index is 0.675. The number of ether oxygens (including phenoxy) is 1. The van der Waals surface area contributed by atoms with Crippen LogP contribution in [0.2, 0.25) is 0 Å². The number of pyridine rings is 1. The highest BCUT2D eigenvalue weighted by molar-refractivity contribution is 7.17. The van der Waals surface area contributed by atoms with E-state index in [0.717, 1.165) is 72.4 Å². The SMILES string of the molecule is CCN1CCN(Cc2ccc(Nc3nc(-c4ccc(OC)cc4)nc4ccsc34)nc2)CC1. The standard InChI is InChI=1S/C25H28N6OS/c1-3-30-11-13-31(14-12-30)17-18-4-9-22(26-16-18)28-25-23-21(10-15-33-23)27-24(29-25)19-5-7-20(32-2)8-6-19/h4-10,15-16H,3,11-14,17H2,1-2H3,(H,26,27,28,29). The van der Waals surface area contributed by atoms with Gasteiger partial charge in [-0.1, -0.05) is 13.0 Å². The number of benzene rings is 1. The normalized spacial score (nSPS) is 15.1. The van der Waals surface area contributed by atoms with Crippen molar-refractivity contribution in [3.05, 3.63) is 59.6 Å². The van der Waals surface area contributed by atoms with Crippen molar-refractivity contribution in [2.75, 3.05) is 45.2 Å². The van der Waals surface area contributed by atoms with E-state index in [1.807, 2.05) is 48.0 Å². The van der Waals surface area contributed by atoms with Gasteiger partial charge in [0, 0.05) is 44.5 Å². The smallest absolute Gasteiger partial charge is 0.162 e. The van der Waals surface area contributed by atoms with Crippen LogP contribution in [0.1, 0.15) is 12.5 Å². The zero-order valence-corrected chi connectivity index (χ0v) is 19.8. The van der Waals surface area contributed by atoms with Crippen molar-refractivity contribution >= 4 is 33.2 Å². The minimum atomic E-state index is 0.675. The molecule has 0 unspecified atom stereocenters. The topological polar surface area (TPSA) is 66.4 Å². The van der Waals surface area contributed by atoms with Gasteiger partial charge < -0.3 is 15.0 Å². The Hall–Kier alpha value is -3.07. The number of nitrogens with zero attached hydrogens (tertiary/aromatic N) is 5. The van der Waals surface area contributed by atoms with E-state index in [9.17, 15) is 0 Å². The third-order valence-electron chi connectivity index (χ3n) is 6.04. The number of thiophene rings is 1. The zero-order chi connectivity index (χ0) is 22.6. The molecule has 1 aliphatic rings. The average molecular weight is 461 g/mol. The Bertz CT molecular complexity index is 1200. The summed E-state index contributed by atoms with van der Waals surface area (Å²) in [5, 5.41) is 5.45. The van der Waals surface area contributed by atoms with Gasteiger partial charge in [0.15, 0.2) is 11.6 Å². The van der Waals surface area contributed by atoms with Crippen molar-refractivity contribution in [2.24, 2.45) is 0 Å². The maximum absolute atomic E-state index is 5.27. The second kappa shape index (κ2) is 9.82. The molecule has 7 nitrogen and oxygen atoms in total. The summed E-state index contributed by atoms with van der Waals surface area (Å²) in [4.78, 5) is 19.2. The molecule has 170 valence electrons. The van der Waals surface area contributed by atoms with E-state index in [0.29, 0.717) is 5.82 Å². The molecule has 4 aromatic rings. The number of hydrogen-bond acceptors (Lipinski definition) is 8. The van der Waals surface area contributed by atoms with E-state index in [2.05, 4.69) is 33.1 Å². The van der Waals surface area contributed by atoms with Gasteiger partial charge >= 0.3 is 0 Å². The van der Waals surface area contributed by atoms with Crippen LogP contribution >= 0.6 is 11.3 Å². The molecule has 1 aliphatic heterocycles. The van der Waals surface area contributed by atoms with E-state index in [1.54, 1.807) is 18.4 Å². The van der Waals surface area contributed by atoms with Crippen molar-refractivity contribution in [1.29, 1.82) is 0 Å². The monoisotopic (exact) mass is 460 g/mol. The summed E-state index contributed by atoms with van der Waals surface area (Å²) < 4.78 is 6.29. The van der Waals surface area contributed by atoms with Crippen molar-refractivity contribution < 1.29 is 4.74 Å². The fraction of sp³-hybridized carbons (Fsp3) is 0.320. The van der Waals surface area contributed by atoms with Gasteiger partial charge in [-0.3, -0.25) is 4.90 Å². The second-order valence-electron chi connectivity index (χ2n) is 8.15. The molecule has 8 heteroatoms. The number of aromatic nitrogens is 3. The molecular formula is C25H28N6OS. The first-order chi connectivity index (χ1) is 16.2. The molecule has 0 aliphatic carbocycles. The van der Waals surface area contributed by atoms with Crippen LogP contribution in [-0.4, -0.2) is 64.6 Å². The number of piperazine rings is 1. The highest BCUT2D eigenvalue weighted by Gasteiger charge is 2.16. The van der Waals surface area contributed by atoms with Crippen LogP contribution < -0.4 is 10.1 Å². The van der Waals surface area contributed by atoms with E-state index in [4.69, 9.17) is 14.7 Å². The molecule has 1 N–H and O–H groups in total. The number of anilines is 2. The number of hydrogen-bond donors (Lipinski definition) is 1. The van der Waals surface area contributed by atoms with Crippen LogP contribution in [0.5, 0.6) is 5.75 Å². The number of methoxy groups -OCH3 is 1. The van der Waals surface area contributed by atoms with Gasteiger partial charge in [0.25, 0.3) is 0 Å². The Morgan fingerprint density at radius 2 is 1.76 bits per heavy atom. The molecular weight excluding hydrogens is 432 g/mol. The van der Waals surface area contributed by atoms with Gasteiger partial charge in [0.2, 0.25) is 0 Å².